The summed E-state index contributed by atoms with van der Waals surface area (Å²) in [7, 11) is 0. The van der Waals surface area contributed by atoms with Crippen molar-refractivity contribution in [3.05, 3.63) is 77.2 Å². The average molecular weight is 547 g/mol. The lowest BCUT2D eigenvalue weighted by molar-refractivity contribution is -0.138. The topological polar surface area (TPSA) is 132 Å². The molecule has 1 saturated carbocycles. The number of carbonyl (C=O) groups excluding carboxylic acids is 3. The van der Waals surface area contributed by atoms with Gasteiger partial charge in [0.1, 0.15) is 23.3 Å². The van der Waals surface area contributed by atoms with Crippen molar-refractivity contribution in [1.82, 2.24) is 20.5 Å². The van der Waals surface area contributed by atoms with Crippen molar-refractivity contribution >= 4 is 34.7 Å². The second kappa shape index (κ2) is 11.4. The molecular formula is C30H31FN4O5. The number of nitrogens with one attached hydrogen (secondary N) is 2. The number of hydrogen-bond donors (Lipinski definition) is 4. The van der Waals surface area contributed by atoms with Crippen molar-refractivity contribution in [3.63, 3.8) is 0 Å². The highest BCUT2D eigenvalue weighted by molar-refractivity contribution is 5.97. The molecule has 208 valence electrons. The molecule has 5 rings (SSSR count). The Bertz CT molecular complexity index is 1490. The number of rotatable bonds is 8. The van der Waals surface area contributed by atoms with Gasteiger partial charge in [0.15, 0.2) is 0 Å². The van der Waals surface area contributed by atoms with Crippen LogP contribution in [0.15, 0.2) is 54.6 Å². The summed E-state index contributed by atoms with van der Waals surface area (Å²) < 4.78 is 13.4. The molecule has 1 saturated heterocycles. The molecule has 1 aliphatic carbocycles. The molecule has 3 aromatic rings. The minimum Gasteiger partial charge on any atom is -0.508 e. The maximum atomic E-state index is 13.4. The average Bonchev–Trinajstić information content (AvgIpc) is 3.68. The van der Waals surface area contributed by atoms with Crippen LogP contribution in [0.1, 0.15) is 53.8 Å². The van der Waals surface area contributed by atoms with Gasteiger partial charge in [-0.2, -0.15) is 0 Å². The van der Waals surface area contributed by atoms with Gasteiger partial charge in [-0.05, 0) is 73.2 Å². The number of β-amino-alcohol motifs (C(OH)–C–C–N with tert-alkyl or cyclic N) is 1. The standard InChI is InChI=1S/C30H31FN4O5/c1-17(24-13-22(36)9-6-19(24)5-4-18-2-3-18)33-30(40)27-14-23(37)16-35(27)28(38)15-32-29(39)26-10-7-20-12-21(31)8-11-25(20)34-26/h4-13,17-18,23,27,36-37H,2-3,14-16H2,1H3,(H,32,39)(H,33,40)/b5-4+/t17-,23+,27-/m0/s1. The first kappa shape index (κ1) is 27.3. The van der Waals surface area contributed by atoms with Crippen LogP contribution in [0, 0.1) is 11.7 Å². The molecular weight excluding hydrogens is 515 g/mol. The van der Waals surface area contributed by atoms with E-state index in [4.69, 9.17) is 0 Å². The van der Waals surface area contributed by atoms with Gasteiger partial charge in [-0.3, -0.25) is 14.4 Å². The van der Waals surface area contributed by atoms with Crippen LogP contribution < -0.4 is 10.6 Å². The Hall–Kier alpha value is -4.31. The minimum absolute atomic E-state index is 0.0392. The quantitative estimate of drug-likeness (QED) is 0.343. The first-order valence-electron chi connectivity index (χ1n) is 13.3. The SMILES string of the molecule is C[C@H](NC(=O)[C@@H]1C[C@@H](O)CN1C(=O)CNC(=O)c1ccc2cc(F)ccc2n1)c1cc(O)ccc1/C=C/C1CC1. The number of likely N-dealkylation sites (tertiary alicyclic amines) is 1. The van der Waals surface area contributed by atoms with Gasteiger partial charge in [0, 0.05) is 18.4 Å². The lowest BCUT2D eigenvalue weighted by atomic mass is 9.99. The van der Waals surface area contributed by atoms with Gasteiger partial charge in [0.2, 0.25) is 11.8 Å². The summed E-state index contributed by atoms with van der Waals surface area (Å²) in [4.78, 5) is 44.4. The maximum Gasteiger partial charge on any atom is 0.270 e. The molecule has 4 N–H and O–H groups in total. The fourth-order valence-electron chi connectivity index (χ4n) is 4.91. The van der Waals surface area contributed by atoms with E-state index < -0.39 is 48.3 Å². The smallest absolute Gasteiger partial charge is 0.270 e. The van der Waals surface area contributed by atoms with Crippen molar-refractivity contribution in [3.8, 4) is 5.75 Å². The van der Waals surface area contributed by atoms with E-state index in [1.807, 2.05) is 6.08 Å². The zero-order valence-electron chi connectivity index (χ0n) is 22.0. The number of carbonyl (C=O) groups is 3. The third-order valence-electron chi connectivity index (χ3n) is 7.25. The molecule has 1 aliphatic heterocycles. The summed E-state index contributed by atoms with van der Waals surface area (Å²) in [6.45, 7) is 1.36. The summed E-state index contributed by atoms with van der Waals surface area (Å²) >= 11 is 0. The van der Waals surface area contributed by atoms with E-state index in [-0.39, 0.29) is 24.4 Å². The van der Waals surface area contributed by atoms with Crippen LogP contribution in [0.4, 0.5) is 4.39 Å². The fourth-order valence-corrected chi connectivity index (χ4v) is 4.91. The minimum atomic E-state index is -0.918. The molecule has 3 amide bonds. The summed E-state index contributed by atoms with van der Waals surface area (Å²) in [5.41, 5.74) is 2.12. The van der Waals surface area contributed by atoms with E-state index in [2.05, 4.69) is 21.7 Å². The molecule has 1 aromatic heterocycles. The fraction of sp³-hybridized carbons (Fsp3) is 0.333. The van der Waals surface area contributed by atoms with Gasteiger partial charge in [-0.15, -0.1) is 0 Å². The number of amides is 3. The molecule has 40 heavy (non-hydrogen) atoms. The monoisotopic (exact) mass is 546 g/mol. The molecule has 2 fully saturated rings. The lowest BCUT2D eigenvalue weighted by Crippen LogP contribution is -2.49. The Morgan fingerprint density at radius 3 is 2.73 bits per heavy atom. The van der Waals surface area contributed by atoms with Gasteiger partial charge in [-0.25, -0.2) is 9.37 Å². The van der Waals surface area contributed by atoms with Crippen LogP contribution in [-0.4, -0.2) is 63.1 Å². The Balaban J connectivity index is 1.22. The van der Waals surface area contributed by atoms with E-state index in [0.717, 1.165) is 24.0 Å². The van der Waals surface area contributed by atoms with E-state index in [1.54, 1.807) is 31.2 Å². The van der Waals surface area contributed by atoms with Crippen LogP contribution >= 0.6 is 0 Å². The number of aliphatic hydroxyl groups excluding tert-OH is 1. The van der Waals surface area contributed by atoms with Crippen LogP contribution in [0.2, 0.25) is 0 Å². The zero-order valence-corrected chi connectivity index (χ0v) is 22.0. The number of pyridine rings is 1. The van der Waals surface area contributed by atoms with Gasteiger partial charge < -0.3 is 25.7 Å². The molecule has 0 spiro atoms. The largest absolute Gasteiger partial charge is 0.508 e. The Morgan fingerprint density at radius 2 is 1.95 bits per heavy atom. The van der Waals surface area contributed by atoms with Gasteiger partial charge in [0.25, 0.3) is 5.91 Å². The molecule has 2 heterocycles. The second-order valence-electron chi connectivity index (χ2n) is 10.4. The van der Waals surface area contributed by atoms with Gasteiger partial charge in [-0.1, -0.05) is 24.3 Å². The summed E-state index contributed by atoms with van der Waals surface area (Å²) in [6, 6.07) is 10.6. The normalized spacial score (nSPS) is 19.6. The molecule has 0 bridgehead atoms. The Kier molecular flexibility index (Phi) is 7.79. The van der Waals surface area contributed by atoms with E-state index in [1.165, 1.54) is 29.2 Å². The van der Waals surface area contributed by atoms with Crippen LogP contribution in [0.25, 0.3) is 17.0 Å². The highest BCUT2D eigenvalue weighted by Gasteiger charge is 2.39. The highest BCUT2D eigenvalue weighted by atomic mass is 19.1. The Morgan fingerprint density at radius 1 is 1.15 bits per heavy atom. The van der Waals surface area contributed by atoms with Crippen molar-refractivity contribution in [1.29, 1.82) is 0 Å². The van der Waals surface area contributed by atoms with Crippen molar-refractivity contribution in [2.24, 2.45) is 5.92 Å². The number of aliphatic hydroxyl groups is 1. The molecule has 0 radical (unpaired) electrons. The number of aromatic nitrogens is 1. The predicted octanol–water partition coefficient (Wildman–Crippen LogP) is 3.07. The number of fused-ring (bicyclic) bond motifs is 1. The number of phenols is 1. The molecule has 3 atom stereocenters. The van der Waals surface area contributed by atoms with Gasteiger partial charge in [0.05, 0.1) is 24.2 Å². The summed E-state index contributed by atoms with van der Waals surface area (Å²) in [5, 5.41) is 26.3. The number of phenolic OH excluding ortho intramolecular Hbond substituents is 1. The first-order chi connectivity index (χ1) is 19.2. The molecule has 2 aromatic carbocycles. The molecule has 10 heteroatoms. The second-order valence-corrected chi connectivity index (χ2v) is 10.4. The molecule has 9 nitrogen and oxygen atoms in total. The third-order valence-corrected chi connectivity index (χ3v) is 7.25. The number of halogens is 1. The maximum absolute atomic E-state index is 13.4. The number of allylic oxidation sites excluding steroid dienone is 1. The number of benzene rings is 2. The first-order valence-corrected chi connectivity index (χ1v) is 13.3. The summed E-state index contributed by atoms with van der Waals surface area (Å²) in [6.07, 6.45) is 5.62. The van der Waals surface area contributed by atoms with Crippen LogP contribution in [0.5, 0.6) is 5.75 Å². The lowest BCUT2D eigenvalue weighted by Gasteiger charge is -2.26. The zero-order chi connectivity index (χ0) is 28.4. The predicted molar refractivity (Wildman–Crippen MR) is 147 cm³/mol. The van der Waals surface area contributed by atoms with E-state index >= 15 is 0 Å². The van der Waals surface area contributed by atoms with Gasteiger partial charge >= 0.3 is 0 Å². The number of hydrogen-bond acceptors (Lipinski definition) is 6. The number of nitrogens with zero attached hydrogens (tertiary/aromatic N) is 2. The molecule has 0 unspecified atom stereocenters. The number of aromatic hydroxyl groups is 1. The van der Waals surface area contributed by atoms with Crippen molar-refractivity contribution in [2.45, 2.75) is 44.4 Å². The van der Waals surface area contributed by atoms with Crippen LogP contribution in [-0.2, 0) is 9.59 Å². The van der Waals surface area contributed by atoms with Crippen LogP contribution in [0.3, 0.4) is 0 Å². The highest BCUT2D eigenvalue weighted by Crippen LogP contribution is 2.32. The third kappa shape index (κ3) is 6.28. The summed E-state index contributed by atoms with van der Waals surface area (Å²) in [5.74, 6) is -1.32. The van der Waals surface area contributed by atoms with Crippen molar-refractivity contribution in [2.75, 3.05) is 13.1 Å². The Labute approximate surface area is 230 Å². The molecule has 2 aliphatic rings. The van der Waals surface area contributed by atoms with E-state index in [9.17, 15) is 29.0 Å². The van der Waals surface area contributed by atoms with Crippen molar-refractivity contribution < 1.29 is 29.0 Å². The van der Waals surface area contributed by atoms with E-state index in [0.29, 0.717) is 16.8 Å².